The normalized spacial score (nSPS) is 15.9. The number of sulfonamides is 1. The number of amides is 1. The molecule has 0 aromatic heterocycles. The van der Waals surface area contributed by atoms with Crippen molar-refractivity contribution in [2.45, 2.75) is 57.3 Å². The summed E-state index contributed by atoms with van der Waals surface area (Å²) in [5, 5.41) is 0.0952. The Labute approximate surface area is 230 Å². The van der Waals surface area contributed by atoms with Crippen molar-refractivity contribution in [3.05, 3.63) is 71.2 Å². The fourth-order valence-corrected chi connectivity index (χ4v) is 6.04. The van der Waals surface area contributed by atoms with Crippen LogP contribution in [-0.4, -0.2) is 44.7 Å². The number of carbonyl (C=O) groups is 1. The van der Waals surface area contributed by atoms with Crippen LogP contribution in [0.2, 0.25) is 0 Å². The molecule has 204 valence electrons. The molecule has 0 saturated carbocycles. The smallest absolute Gasteiger partial charge is 0.284 e. The van der Waals surface area contributed by atoms with E-state index in [9.17, 15) is 13.2 Å². The van der Waals surface area contributed by atoms with Gasteiger partial charge in [0.05, 0.1) is 23.5 Å². The molecule has 1 aliphatic rings. The van der Waals surface area contributed by atoms with Gasteiger partial charge in [0.2, 0.25) is 0 Å². The summed E-state index contributed by atoms with van der Waals surface area (Å²) in [4.78, 5) is 14.9. The summed E-state index contributed by atoms with van der Waals surface area (Å²) in [5.74, 6) is 0.879. The number of hydrogen-bond donors (Lipinski definition) is 0. The molecule has 7 nitrogen and oxygen atoms in total. The van der Waals surface area contributed by atoms with Crippen LogP contribution in [0.15, 0.2) is 69.3 Å². The number of hydrogen-bond acceptors (Lipinski definition) is 6. The molecule has 1 heterocycles. The largest absolute Gasteiger partial charge is 0.493 e. The van der Waals surface area contributed by atoms with E-state index >= 15 is 0 Å². The first-order valence-electron chi connectivity index (χ1n) is 12.9. The van der Waals surface area contributed by atoms with Crippen LogP contribution in [0, 0.1) is 0 Å². The van der Waals surface area contributed by atoms with Crippen LogP contribution in [0.1, 0.15) is 57.1 Å². The molecule has 0 aliphatic carbocycles. The number of benzene rings is 2. The number of unbranched alkanes of at least 4 members (excludes halogenated alkanes) is 4. The molecule has 1 saturated heterocycles. The molecule has 0 unspecified atom stereocenters. The van der Waals surface area contributed by atoms with Gasteiger partial charge in [0.1, 0.15) is 0 Å². The number of carbonyl (C=O) groups excluding carboxylic acids is 1. The molecule has 2 aromatic rings. The van der Waals surface area contributed by atoms with Gasteiger partial charge in [0.25, 0.3) is 15.9 Å². The minimum absolute atomic E-state index is 0.0814. The molecule has 0 spiro atoms. The van der Waals surface area contributed by atoms with Crippen LogP contribution in [-0.2, 0) is 21.2 Å². The van der Waals surface area contributed by atoms with Crippen molar-refractivity contribution in [1.82, 2.24) is 4.90 Å². The molecular formula is C29H36N2O5S2. The predicted octanol–water partition coefficient (Wildman–Crippen LogP) is 6.45. The van der Waals surface area contributed by atoms with Crippen molar-refractivity contribution >= 4 is 38.9 Å². The number of amidine groups is 1. The fourth-order valence-electron chi connectivity index (χ4n) is 3.85. The molecule has 3 rings (SSSR count). The average Bonchev–Trinajstić information content (AvgIpc) is 3.19. The second-order valence-electron chi connectivity index (χ2n) is 8.83. The number of aryl methyl sites for hydroxylation is 1. The Morgan fingerprint density at radius 1 is 1.03 bits per heavy atom. The van der Waals surface area contributed by atoms with Crippen LogP contribution in [0.25, 0.3) is 6.08 Å². The fraction of sp³-hybridized carbons (Fsp3) is 0.379. The molecule has 1 fully saturated rings. The molecule has 0 radical (unpaired) electrons. The van der Waals surface area contributed by atoms with Gasteiger partial charge in [-0.2, -0.15) is 8.42 Å². The average molecular weight is 557 g/mol. The predicted molar refractivity (Wildman–Crippen MR) is 155 cm³/mol. The first-order valence-corrected chi connectivity index (χ1v) is 15.2. The Morgan fingerprint density at radius 2 is 1.76 bits per heavy atom. The highest BCUT2D eigenvalue weighted by Gasteiger charge is 2.34. The second-order valence-corrected chi connectivity index (χ2v) is 11.4. The molecular weight excluding hydrogens is 520 g/mol. The Balaban J connectivity index is 1.84. The van der Waals surface area contributed by atoms with Gasteiger partial charge in [-0.25, -0.2) is 0 Å². The van der Waals surface area contributed by atoms with E-state index in [1.807, 2.05) is 19.1 Å². The molecule has 38 heavy (non-hydrogen) atoms. The maximum Gasteiger partial charge on any atom is 0.284 e. The van der Waals surface area contributed by atoms with Gasteiger partial charge in [0, 0.05) is 6.54 Å². The van der Waals surface area contributed by atoms with Gasteiger partial charge in [-0.05, 0) is 66.1 Å². The van der Waals surface area contributed by atoms with Crippen molar-refractivity contribution in [3.8, 4) is 11.5 Å². The first kappa shape index (κ1) is 29.5. The minimum Gasteiger partial charge on any atom is -0.493 e. The van der Waals surface area contributed by atoms with E-state index in [2.05, 4.69) is 17.9 Å². The van der Waals surface area contributed by atoms with Gasteiger partial charge in [0.15, 0.2) is 16.7 Å². The van der Waals surface area contributed by atoms with Crippen LogP contribution >= 0.6 is 11.8 Å². The highest BCUT2D eigenvalue weighted by molar-refractivity contribution is 8.19. The van der Waals surface area contributed by atoms with Crippen LogP contribution in [0.3, 0.4) is 0 Å². The van der Waals surface area contributed by atoms with Crippen molar-refractivity contribution in [1.29, 1.82) is 0 Å². The van der Waals surface area contributed by atoms with Crippen molar-refractivity contribution < 1.29 is 22.7 Å². The third kappa shape index (κ3) is 7.74. The van der Waals surface area contributed by atoms with Gasteiger partial charge in [-0.3, -0.25) is 9.69 Å². The van der Waals surface area contributed by atoms with Gasteiger partial charge >= 0.3 is 0 Å². The zero-order valence-corrected chi connectivity index (χ0v) is 23.9. The lowest BCUT2D eigenvalue weighted by molar-refractivity contribution is -0.121. The standard InChI is InChI=1S/C29H36N2O5S2/c1-5-8-9-10-11-19-36-26-20-23(14-17-25(26)35-4)21-27-28(32)31(18-6-2)29(37-27)30-38(33,34)24-15-12-22(7-3)13-16-24/h6,12-17,20-21H,2,5,7-11,18-19H2,1,3-4H3. The summed E-state index contributed by atoms with van der Waals surface area (Å²) < 4.78 is 41.4. The SMILES string of the molecule is C=CCN1C(=O)C(=Cc2ccc(OC)c(OCCCCCCC)c2)SC1=NS(=O)(=O)c1ccc(CC)cc1. The zero-order chi connectivity index (χ0) is 27.5. The van der Waals surface area contributed by atoms with E-state index in [-0.39, 0.29) is 22.5 Å². The Hall–Kier alpha value is -3.04. The summed E-state index contributed by atoms with van der Waals surface area (Å²) in [7, 11) is -2.41. The Kier molecular flexibility index (Phi) is 11.0. The van der Waals surface area contributed by atoms with E-state index in [1.54, 1.807) is 37.5 Å². The summed E-state index contributed by atoms with van der Waals surface area (Å²) >= 11 is 1.02. The number of thioether (sulfide) groups is 1. The van der Waals surface area contributed by atoms with E-state index < -0.39 is 10.0 Å². The zero-order valence-electron chi connectivity index (χ0n) is 22.3. The quantitative estimate of drug-likeness (QED) is 0.151. The lowest BCUT2D eigenvalue weighted by atomic mass is 10.1. The minimum atomic E-state index is -4.00. The van der Waals surface area contributed by atoms with Crippen molar-refractivity contribution in [2.75, 3.05) is 20.3 Å². The van der Waals surface area contributed by atoms with Gasteiger partial charge < -0.3 is 9.47 Å². The molecule has 0 atom stereocenters. The summed E-state index contributed by atoms with van der Waals surface area (Å²) in [6.07, 6.45) is 9.72. The van der Waals surface area contributed by atoms with Crippen molar-refractivity contribution in [2.24, 2.45) is 4.40 Å². The highest BCUT2D eigenvalue weighted by atomic mass is 32.2. The Morgan fingerprint density at radius 3 is 2.42 bits per heavy atom. The lowest BCUT2D eigenvalue weighted by Gasteiger charge is -2.12. The van der Waals surface area contributed by atoms with E-state index in [1.165, 1.54) is 36.3 Å². The van der Waals surface area contributed by atoms with E-state index in [0.29, 0.717) is 23.0 Å². The maximum atomic E-state index is 13.2. The molecule has 1 aliphatic heterocycles. The van der Waals surface area contributed by atoms with Gasteiger partial charge in [-0.15, -0.1) is 11.0 Å². The van der Waals surface area contributed by atoms with Crippen LogP contribution in [0.4, 0.5) is 0 Å². The summed E-state index contributed by atoms with van der Waals surface area (Å²) in [6, 6.07) is 12.1. The van der Waals surface area contributed by atoms with E-state index in [0.717, 1.165) is 42.2 Å². The number of methoxy groups -OCH3 is 1. The molecule has 2 aromatic carbocycles. The molecule has 1 amide bonds. The third-order valence-electron chi connectivity index (χ3n) is 6.02. The van der Waals surface area contributed by atoms with Crippen molar-refractivity contribution in [3.63, 3.8) is 0 Å². The number of nitrogens with zero attached hydrogens (tertiary/aromatic N) is 2. The maximum absolute atomic E-state index is 13.2. The second kappa shape index (κ2) is 14.2. The monoisotopic (exact) mass is 556 g/mol. The first-order chi connectivity index (χ1) is 18.3. The summed E-state index contributed by atoms with van der Waals surface area (Å²) in [5.41, 5.74) is 1.76. The lowest BCUT2D eigenvalue weighted by Crippen LogP contribution is -2.29. The third-order valence-corrected chi connectivity index (χ3v) is 8.42. The molecule has 0 N–H and O–H groups in total. The van der Waals surface area contributed by atoms with Crippen LogP contribution < -0.4 is 9.47 Å². The number of rotatable bonds is 14. The molecule has 9 heteroatoms. The van der Waals surface area contributed by atoms with Crippen LogP contribution in [0.5, 0.6) is 11.5 Å². The highest BCUT2D eigenvalue weighted by Crippen LogP contribution is 2.35. The Bertz CT molecular complexity index is 1280. The van der Waals surface area contributed by atoms with Gasteiger partial charge in [-0.1, -0.05) is 63.8 Å². The summed E-state index contributed by atoms with van der Waals surface area (Å²) in [6.45, 7) is 8.60. The topological polar surface area (TPSA) is 85.3 Å². The number of ether oxygens (including phenoxy) is 2. The van der Waals surface area contributed by atoms with E-state index in [4.69, 9.17) is 9.47 Å². The molecule has 0 bridgehead atoms.